The van der Waals surface area contributed by atoms with Gasteiger partial charge < -0.3 is 5.53 Å². The maximum Gasteiger partial charge on any atom is 0.327 e. The van der Waals surface area contributed by atoms with Crippen molar-refractivity contribution in [2.45, 2.75) is 26.7 Å². The zero-order valence-corrected chi connectivity index (χ0v) is 8.53. The number of rotatable bonds is 2. The molecular weight excluding hydrogens is 176 g/mol. The van der Waals surface area contributed by atoms with E-state index in [2.05, 4.69) is 17.8 Å². The maximum atomic E-state index is 11.2. The molecule has 1 rings (SSSR count). The van der Waals surface area contributed by atoms with E-state index in [0.717, 1.165) is 30.2 Å². The molecule has 14 heavy (non-hydrogen) atoms. The first kappa shape index (κ1) is 10.6. The fourth-order valence-corrected chi connectivity index (χ4v) is 1.72. The van der Waals surface area contributed by atoms with Crippen LogP contribution in [-0.4, -0.2) is 16.8 Å². The number of ketones is 1. The lowest BCUT2D eigenvalue weighted by atomic mass is 9.85. The SMILES string of the molecule is CC1=CCCC(C)/C1=C\C(=O)C=[N+]=[N-]. The standard InChI is InChI=1S/C11H14N2O/c1-8-4-3-5-9(2)11(8)6-10(14)7-13-12/h4,6-7,9H,3,5H2,1-2H3/b11-6-. The Hall–Kier alpha value is -1.47. The molecule has 0 aliphatic heterocycles. The van der Waals surface area contributed by atoms with Crippen LogP contribution in [0.2, 0.25) is 0 Å². The van der Waals surface area contributed by atoms with Crippen LogP contribution in [0.5, 0.6) is 0 Å². The third-order valence-corrected chi connectivity index (χ3v) is 2.52. The molecule has 0 aromatic heterocycles. The summed E-state index contributed by atoms with van der Waals surface area (Å²) in [5, 5.41) is 0. The second kappa shape index (κ2) is 4.68. The van der Waals surface area contributed by atoms with Crippen molar-refractivity contribution < 1.29 is 9.58 Å². The van der Waals surface area contributed by atoms with Crippen LogP contribution in [0, 0.1) is 5.92 Å². The number of hydrogen-bond donors (Lipinski definition) is 0. The van der Waals surface area contributed by atoms with E-state index in [1.165, 1.54) is 0 Å². The Morgan fingerprint density at radius 1 is 1.71 bits per heavy atom. The zero-order chi connectivity index (χ0) is 10.6. The summed E-state index contributed by atoms with van der Waals surface area (Å²) in [5.74, 6) is 0.153. The molecule has 0 heterocycles. The summed E-state index contributed by atoms with van der Waals surface area (Å²) in [6, 6.07) is 0. The summed E-state index contributed by atoms with van der Waals surface area (Å²) < 4.78 is 0. The van der Waals surface area contributed by atoms with E-state index in [1.807, 2.05) is 6.92 Å². The first-order valence-electron chi connectivity index (χ1n) is 4.75. The molecule has 3 nitrogen and oxygen atoms in total. The normalized spacial score (nSPS) is 24.0. The van der Waals surface area contributed by atoms with Crippen molar-refractivity contribution in [3.63, 3.8) is 0 Å². The van der Waals surface area contributed by atoms with E-state index in [0.29, 0.717) is 5.92 Å². The second-order valence-electron chi connectivity index (χ2n) is 3.61. The van der Waals surface area contributed by atoms with Crippen LogP contribution in [0.3, 0.4) is 0 Å². The average Bonchev–Trinajstić information content (AvgIpc) is 2.12. The Balaban J connectivity index is 2.93. The summed E-state index contributed by atoms with van der Waals surface area (Å²) >= 11 is 0. The van der Waals surface area contributed by atoms with Crippen molar-refractivity contribution in [1.29, 1.82) is 0 Å². The molecule has 0 radical (unpaired) electrons. The lowest BCUT2D eigenvalue weighted by Gasteiger charge is -2.20. The molecule has 0 saturated carbocycles. The predicted octanol–water partition coefficient (Wildman–Crippen LogP) is 2.16. The van der Waals surface area contributed by atoms with Gasteiger partial charge in [-0.1, -0.05) is 18.6 Å². The van der Waals surface area contributed by atoms with E-state index in [9.17, 15) is 4.79 Å². The van der Waals surface area contributed by atoms with Gasteiger partial charge in [0.2, 0.25) is 0 Å². The van der Waals surface area contributed by atoms with Crippen LogP contribution < -0.4 is 0 Å². The molecule has 1 aliphatic carbocycles. The number of hydrogen-bond acceptors (Lipinski definition) is 1. The Kier molecular flexibility index (Phi) is 3.55. The van der Waals surface area contributed by atoms with Gasteiger partial charge in [-0.15, -0.1) is 0 Å². The summed E-state index contributed by atoms with van der Waals surface area (Å²) in [6.45, 7) is 4.11. The first-order chi connectivity index (χ1) is 6.65. The smallest absolute Gasteiger partial charge is 0.327 e. The molecule has 0 aromatic rings. The zero-order valence-electron chi connectivity index (χ0n) is 8.53. The van der Waals surface area contributed by atoms with Crippen molar-refractivity contribution >= 4 is 12.0 Å². The minimum absolute atomic E-state index is 0.260. The van der Waals surface area contributed by atoms with Gasteiger partial charge in [-0.05, 0) is 37.3 Å². The third kappa shape index (κ3) is 2.51. The van der Waals surface area contributed by atoms with E-state index in [1.54, 1.807) is 6.08 Å². The van der Waals surface area contributed by atoms with Crippen LogP contribution in [0.25, 0.3) is 5.53 Å². The maximum absolute atomic E-state index is 11.2. The summed E-state index contributed by atoms with van der Waals surface area (Å²) in [6.07, 6.45) is 6.76. The van der Waals surface area contributed by atoms with Crippen molar-refractivity contribution in [2.24, 2.45) is 5.92 Å². The van der Waals surface area contributed by atoms with E-state index >= 15 is 0 Å². The largest absolute Gasteiger partial charge is 0.361 e. The van der Waals surface area contributed by atoms with Crippen LogP contribution in [0.15, 0.2) is 23.3 Å². The number of allylic oxidation sites excluding steroid dienone is 4. The van der Waals surface area contributed by atoms with Gasteiger partial charge in [0.25, 0.3) is 5.78 Å². The molecule has 0 spiro atoms. The molecule has 0 amide bonds. The quantitative estimate of drug-likeness (QED) is 0.285. The van der Waals surface area contributed by atoms with Gasteiger partial charge in [0, 0.05) is 0 Å². The van der Waals surface area contributed by atoms with E-state index < -0.39 is 0 Å². The molecule has 3 heteroatoms. The highest BCUT2D eigenvalue weighted by atomic mass is 16.1. The van der Waals surface area contributed by atoms with Gasteiger partial charge in [-0.3, -0.25) is 4.79 Å². The van der Waals surface area contributed by atoms with E-state index in [-0.39, 0.29) is 5.78 Å². The number of carbonyl (C=O) groups is 1. The lowest BCUT2D eigenvalue weighted by molar-refractivity contribution is -0.112. The van der Waals surface area contributed by atoms with Crippen molar-refractivity contribution in [2.75, 3.05) is 0 Å². The molecule has 0 aromatic carbocycles. The van der Waals surface area contributed by atoms with Crippen molar-refractivity contribution in [3.05, 3.63) is 28.8 Å². The molecule has 0 N–H and O–H groups in total. The molecular formula is C11H14N2O. The van der Waals surface area contributed by atoms with E-state index in [4.69, 9.17) is 5.53 Å². The summed E-state index contributed by atoms with van der Waals surface area (Å²) in [5.41, 5.74) is 10.4. The van der Waals surface area contributed by atoms with Crippen LogP contribution in [-0.2, 0) is 4.79 Å². The highest BCUT2D eigenvalue weighted by Gasteiger charge is 2.15. The highest BCUT2D eigenvalue weighted by molar-refractivity contribution is 6.31. The van der Waals surface area contributed by atoms with Gasteiger partial charge in [0.15, 0.2) is 0 Å². The van der Waals surface area contributed by atoms with Crippen LogP contribution >= 0.6 is 0 Å². The molecule has 0 fully saturated rings. The third-order valence-electron chi connectivity index (χ3n) is 2.52. The highest BCUT2D eigenvalue weighted by Crippen LogP contribution is 2.28. The first-order valence-corrected chi connectivity index (χ1v) is 4.75. The average molecular weight is 190 g/mol. The van der Waals surface area contributed by atoms with Crippen LogP contribution in [0.1, 0.15) is 26.7 Å². The molecule has 1 aliphatic rings. The van der Waals surface area contributed by atoms with Gasteiger partial charge in [0.05, 0.1) is 0 Å². The molecule has 0 bridgehead atoms. The Bertz CT molecular complexity index is 346. The van der Waals surface area contributed by atoms with Gasteiger partial charge in [-0.25, -0.2) is 0 Å². The summed E-state index contributed by atoms with van der Waals surface area (Å²) in [7, 11) is 0. The Morgan fingerprint density at radius 3 is 3.00 bits per heavy atom. The minimum atomic E-state index is -0.260. The fourth-order valence-electron chi connectivity index (χ4n) is 1.72. The van der Waals surface area contributed by atoms with Crippen molar-refractivity contribution in [3.8, 4) is 0 Å². The minimum Gasteiger partial charge on any atom is -0.361 e. The van der Waals surface area contributed by atoms with Gasteiger partial charge in [0.1, 0.15) is 0 Å². The molecule has 1 unspecified atom stereocenters. The number of nitrogens with zero attached hydrogens (tertiary/aromatic N) is 2. The monoisotopic (exact) mass is 190 g/mol. The Morgan fingerprint density at radius 2 is 2.43 bits per heavy atom. The topological polar surface area (TPSA) is 53.5 Å². The second-order valence-corrected chi connectivity index (χ2v) is 3.61. The number of carbonyl (C=O) groups excluding carboxylic acids is 1. The summed E-state index contributed by atoms with van der Waals surface area (Å²) in [4.78, 5) is 13.9. The van der Waals surface area contributed by atoms with Crippen molar-refractivity contribution in [1.82, 2.24) is 0 Å². The fraction of sp³-hybridized carbons (Fsp3) is 0.455. The van der Waals surface area contributed by atoms with Crippen LogP contribution in [0.4, 0.5) is 0 Å². The Labute approximate surface area is 83.7 Å². The molecule has 0 saturated heterocycles. The predicted molar refractivity (Wildman–Crippen MR) is 54.9 cm³/mol. The van der Waals surface area contributed by atoms with Gasteiger partial charge in [-0.2, -0.15) is 4.79 Å². The molecule has 1 atom stereocenters. The lowest BCUT2D eigenvalue weighted by Crippen LogP contribution is -2.08. The van der Waals surface area contributed by atoms with Gasteiger partial charge >= 0.3 is 6.21 Å². The molecule has 74 valence electrons.